The highest BCUT2D eigenvalue weighted by molar-refractivity contribution is 4.82. The molecule has 168 valence electrons. The molecule has 0 amide bonds. The van der Waals surface area contributed by atoms with E-state index in [9.17, 15) is 0 Å². The van der Waals surface area contributed by atoms with E-state index in [1.54, 1.807) is 0 Å². The summed E-state index contributed by atoms with van der Waals surface area (Å²) < 4.78 is 29.1. The first-order chi connectivity index (χ1) is 13.6. The predicted octanol–water partition coefficient (Wildman–Crippen LogP) is 4.25. The van der Waals surface area contributed by atoms with E-state index in [-0.39, 0.29) is 12.0 Å². The molecule has 0 aromatic heterocycles. The maximum absolute atomic E-state index is 6.68. The fourth-order valence-corrected chi connectivity index (χ4v) is 3.67. The number of epoxide rings is 1. The zero-order valence-electron chi connectivity index (χ0n) is 18.8. The Morgan fingerprint density at radius 3 is 2.04 bits per heavy atom. The lowest BCUT2D eigenvalue weighted by molar-refractivity contribution is -0.404. The summed E-state index contributed by atoms with van der Waals surface area (Å²) in [5.41, 5.74) is 6.68. The van der Waals surface area contributed by atoms with Gasteiger partial charge in [-0.15, -0.1) is 0 Å². The molecule has 6 nitrogen and oxygen atoms in total. The van der Waals surface area contributed by atoms with E-state index >= 15 is 0 Å². The summed E-state index contributed by atoms with van der Waals surface area (Å²) in [5, 5.41) is 0. The van der Waals surface area contributed by atoms with Gasteiger partial charge in [0.25, 0.3) is 5.97 Å². The summed E-state index contributed by atoms with van der Waals surface area (Å²) in [6, 6.07) is -0.0296. The number of ether oxygens (including phenoxy) is 5. The Kier molecular flexibility index (Phi) is 14.4. The summed E-state index contributed by atoms with van der Waals surface area (Å²) in [5.74, 6) is -1.10. The number of unbranched alkanes of at least 4 members (excludes halogenated alkanes) is 4. The molecule has 1 aliphatic rings. The largest absolute Gasteiger partial charge is 0.379 e. The van der Waals surface area contributed by atoms with E-state index < -0.39 is 5.97 Å². The second-order valence-corrected chi connectivity index (χ2v) is 7.55. The van der Waals surface area contributed by atoms with E-state index in [1.807, 2.05) is 20.8 Å². The zero-order chi connectivity index (χ0) is 20.7. The van der Waals surface area contributed by atoms with Gasteiger partial charge in [-0.05, 0) is 40.0 Å². The van der Waals surface area contributed by atoms with Crippen LogP contribution in [0.2, 0.25) is 0 Å². The van der Waals surface area contributed by atoms with Gasteiger partial charge in [-0.3, -0.25) is 0 Å². The molecule has 6 heteroatoms. The molecule has 3 unspecified atom stereocenters. The molecule has 1 saturated heterocycles. The average molecular weight is 404 g/mol. The van der Waals surface area contributed by atoms with Gasteiger partial charge >= 0.3 is 0 Å². The van der Waals surface area contributed by atoms with Crippen molar-refractivity contribution in [2.24, 2.45) is 11.7 Å². The third-order valence-electron chi connectivity index (χ3n) is 5.16. The molecular formula is C22H45NO5. The Morgan fingerprint density at radius 1 is 0.893 bits per heavy atom. The van der Waals surface area contributed by atoms with Gasteiger partial charge in [-0.1, -0.05) is 39.0 Å². The maximum Gasteiger partial charge on any atom is 0.287 e. The standard InChI is InChI=1S/C22H45NO5/c1-5-9-10-11-12-15-21(23)20(14-13-16-24-17-19-18-25-19)22(26-6-2,27-7-3)28-8-4/h19-21H,5-18,23H2,1-4H3. The predicted molar refractivity (Wildman–Crippen MR) is 112 cm³/mol. The van der Waals surface area contributed by atoms with Crippen molar-refractivity contribution >= 4 is 0 Å². The summed E-state index contributed by atoms with van der Waals surface area (Å²) in [6.07, 6.45) is 9.19. The third-order valence-corrected chi connectivity index (χ3v) is 5.16. The second kappa shape index (κ2) is 15.6. The van der Waals surface area contributed by atoms with E-state index in [0.717, 1.165) is 32.3 Å². The highest BCUT2D eigenvalue weighted by Gasteiger charge is 2.44. The molecule has 1 rings (SSSR count). The normalized spacial score (nSPS) is 19.0. The van der Waals surface area contributed by atoms with Gasteiger partial charge in [0.2, 0.25) is 0 Å². The molecule has 0 saturated carbocycles. The minimum Gasteiger partial charge on any atom is -0.379 e. The SMILES string of the molecule is CCCCCCCC(N)C(CCCOCC1CO1)C(OCC)(OCC)OCC. The molecule has 0 bridgehead atoms. The number of rotatable bonds is 20. The summed E-state index contributed by atoms with van der Waals surface area (Å²) >= 11 is 0. The molecule has 3 atom stereocenters. The first-order valence-electron chi connectivity index (χ1n) is 11.5. The molecule has 0 aromatic carbocycles. The van der Waals surface area contributed by atoms with Gasteiger partial charge in [-0.2, -0.15) is 0 Å². The maximum atomic E-state index is 6.68. The van der Waals surface area contributed by atoms with Gasteiger partial charge < -0.3 is 29.4 Å². The zero-order valence-corrected chi connectivity index (χ0v) is 18.8. The van der Waals surface area contributed by atoms with Crippen molar-refractivity contribution in [1.29, 1.82) is 0 Å². The summed E-state index contributed by atoms with van der Waals surface area (Å²) in [7, 11) is 0. The molecular weight excluding hydrogens is 358 g/mol. The van der Waals surface area contributed by atoms with Gasteiger partial charge in [0, 0.05) is 32.5 Å². The minimum atomic E-state index is -1.07. The lowest BCUT2D eigenvalue weighted by Gasteiger charge is -2.41. The minimum absolute atomic E-state index is 0.0284. The molecule has 1 fully saturated rings. The van der Waals surface area contributed by atoms with E-state index in [2.05, 4.69) is 6.92 Å². The van der Waals surface area contributed by atoms with Crippen molar-refractivity contribution in [3.8, 4) is 0 Å². The molecule has 0 aliphatic carbocycles. The van der Waals surface area contributed by atoms with Crippen molar-refractivity contribution in [2.45, 2.75) is 97.2 Å². The van der Waals surface area contributed by atoms with Crippen LogP contribution in [0.25, 0.3) is 0 Å². The highest BCUT2D eigenvalue weighted by Crippen LogP contribution is 2.33. The molecule has 28 heavy (non-hydrogen) atoms. The van der Waals surface area contributed by atoms with Crippen LogP contribution >= 0.6 is 0 Å². The van der Waals surface area contributed by atoms with Crippen molar-refractivity contribution in [2.75, 3.05) is 39.6 Å². The van der Waals surface area contributed by atoms with Crippen LogP contribution in [-0.2, 0) is 23.7 Å². The first kappa shape index (κ1) is 25.8. The molecule has 0 radical (unpaired) electrons. The van der Waals surface area contributed by atoms with Crippen LogP contribution in [-0.4, -0.2) is 57.8 Å². The van der Waals surface area contributed by atoms with Gasteiger partial charge in [0.1, 0.15) is 6.10 Å². The fourth-order valence-electron chi connectivity index (χ4n) is 3.67. The molecule has 1 heterocycles. The van der Waals surface area contributed by atoms with Crippen LogP contribution in [0, 0.1) is 5.92 Å². The monoisotopic (exact) mass is 403 g/mol. The molecule has 2 N–H and O–H groups in total. The number of hydrogen-bond donors (Lipinski definition) is 1. The van der Waals surface area contributed by atoms with Gasteiger partial charge in [-0.25, -0.2) is 0 Å². The third kappa shape index (κ3) is 9.99. The lowest BCUT2D eigenvalue weighted by atomic mass is 9.88. The van der Waals surface area contributed by atoms with E-state index in [1.165, 1.54) is 25.7 Å². The smallest absolute Gasteiger partial charge is 0.287 e. The van der Waals surface area contributed by atoms with Crippen LogP contribution in [0.15, 0.2) is 0 Å². The van der Waals surface area contributed by atoms with Crippen LogP contribution in [0.4, 0.5) is 0 Å². The molecule has 1 aliphatic heterocycles. The Morgan fingerprint density at radius 2 is 1.50 bits per heavy atom. The fraction of sp³-hybridized carbons (Fsp3) is 1.00. The lowest BCUT2D eigenvalue weighted by Crippen LogP contribution is -2.53. The molecule has 0 aromatic rings. The van der Waals surface area contributed by atoms with E-state index in [0.29, 0.717) is 39.1 Å². The molecule has 0 spiro atoms. The van der Waals surface area contributed by atoms with Gasteiger partial charge in [0.05, 0.1) is 19.1 Å². The Balaban J connectivity index is 2.67. The van der Waals surface area contributed by atoms with Gasteiger partial charge in [0.15, 0.2) is 0 Å². The number of nitrogens with two attached hydrogens (primary N) is 1. The number of hydrogen-bond acceptors (Lipinski definition) is 6. The van der Waals surface area contributed by atoms with Crippen molar-refractivity contribution in [3.63, 3.8) is 0 Å². The Bertz CT molecular complexity index is 348. The first-order valence-corrected chi connectivity index (χ1v) is 11.5. The van der Waals surface area contributed by atoms with Crippen molar-refractivity contribution < 1.29 is 23.7 Å². The van der Waals surface area contributed by atoms with Crippen molar-refractivity contribution in [3.05, 3.63) is 0 Å². The topological polar surface area (TPSA) is 75.5 Å². The summed E-state index contributed by atoms with van der Waals surface area (Å²) in [4.78, 5) is 0. The van der Waals surface area contributed by atoms with Crippen LogP contribution in [0.1, 0.15) is 79.1 Å². The Labute approximate surface area is 172 Å². The highest BCUT2D eigenvalue weighted by atomic mass is 16.9. The van der Waals surface area contributed by atoms with Crippen LogP contribution in [0.5, 0.6) is 0 Å². The quantitative estimate of drug-likeness (QED) is 0.186. The van der Waals surface area contributed by atoms with Crippen LogP contribution < -0.4 is 5.73 Å². The average Bonchev–Trinajstić information content (AvgIpc) is 3.49. The second-order valence-electron chi connectivity index (χ2n) is 7.55. The van der Waals surface area contributed by atoms with Crippen LogP contribution in [0.3, 0.4) is 0 Å². The summed E-state index contributed by atoms with van der Waals surface area (Å²) in [6.45, 7) is 11.9. The Hall–Kier alpha value is -0.240. The van der Waals surface area contributed by atoms with Crippen molar-refractivity contribution in [1.82, 2.24) is 0 Å². The van der Waals surface area contributed by atoms with E-state index in [4.69, 9.17) is 29.4 Å².